The average Bonchev–Trinajstić information content (AvgIpc) is 2.85. The van der Waals surface area contributed by atoms with Crippen LogP contribution in [-0.4, -0.2) is 34.9 Å². The zero-order valence-corrected chi connectivity index (χ0v) is 13.4. The second-order valence-corrected chi connectivity index (χ2v) is 5.52. The van der Waals surface area contributed by atoms with E-state index < -0.39 is 5.97 Å². The molecule has 6 nitrogen and oxygen atoms in total. The number of hydrogen-bond acceptors (Lipinski definition) is 4. The maximum atomic E-state index is 12.6. The third-order valence-electron chi connectivity index (χ3n) is 3.91. The predicted molar refractivity (Wildman–Crippen MR) is 90.3 cm³/mol. The Hall–Kier alpha value is -3.41. The van der Waals surface area contributed by atoms with Crippen molar-refractivity contribution in [2.45, 2.75) is 6.54 Å². The van der Waals surface area contributed by atoms with Gasteiger partial charge in [-0.2, -0.15) is 0 Å². The summed E-state index contributed by atoms with van der Waals surface area (Å²) in [4.78, 5) is 36.8. The molecule has 0 atom stereocenters. The first-order valence-electron chi connectivity index (χ1n) is 7.54. The first-order valence-corrected chi connectivity index (χ1v) is 7.54. The minimum atomic E-state index is -1.08. The number of amides is 2. The van der Waals surface area contributed by atoms with Gasteiger partial charge in [-0.25, -0.2) is 4.79 Å². The molecule has 2 aromatic rings. The lowest BCUT2D eigenvalue weighted by Crippen LogP contribution is -2.29. The molecule has 0 aromatic heterocycles. The number of carbonyl (C=O) groups excluding carboxylic acids is 2. The van der Waals surface area contributed by atoms with Gasteiger partial charge in [-0.05, 0) is 41.5 Å². The van der Waals surface area contributed by atoms with Gasteiger partial charge in [0.2, 0.25) is 0 Å². The molecule has 2 amide bonds. The van der Waals surface area contributed by atoms with Gasteiger partial charge < -0.3 is 9.84 Å². The van der Waals surface area contributed by atoms with Crippen molar-refractivity contribution < 1.29 is 24.2 Å². The average molecular weight is 337 g/mol. The molecule has 1 aliphatic heterocycles. The summed E-state index contributed by atoms with van der Waals surface area (Å²) < 4.78 is 5.09. The SMILES string of the molecule is COc1ccc(CN2C(=O)c3ccc(/C=C/C(=O)O)cc3C2=O)cc1. The number of carbonyl (C=O) groups is 3. The van der Waals surface area contributed by atoms with Crippen LogP contribution < -0.4 is 4.74 Å². The van der Waals surface area contributed by atoms with Crippen LogP contribution in [0.4, 0.5) is 0 Å². The van der Waals surface area contributed by atoms with Crippen molar-refractivity contribution in [2.24, 2.45) is 0 Å². The lowest BCUT2D eigenvalue weighted by Gasteiger charge is -2.14. The number of imide groups is 1. The second-order valence-electron chi connectivity index (χ2n) is 5.52. The van der Waals surface area contributed by atoms with E-state index in [9.17, 15) is 14.4 Å². The number of hydrogen-bond donors (Lipinski definition) is 1. The van der Waals surface area contributed by atoms with Crippen LogP contribution in [0.5, 0.6) is 5.75 Å². The van der Waals surface area contributed by atoms with Crippen LogP contribution in [0, 0.1) is 0 Å². The van der Waals surface area contributed by atoms with E-state index in [4.69, 9.17) is 9.84 Å². The van der Waals surface area contributed by atoms with Crippen molar-refractivity contribution in [3.8, 4) is 5.75 Å². The zero-order valence-electron chi connectivity index (χ0n) is 13.4. The molecular weight excluding hydrogens is 322 g/mol. The van der Waals surface area contributed by atoms with E-state index in [-0.39, 0.29) is 23.9 Å². The fourth-order valence-corrected chi connectivity index (χ4v) is 2.64. The molecule has 3 rings (SSSR count). The Balaban J connectivity index is 1.84. The standard InChI is InChI=1S/C19H15NO5/c1-25-14-6-2-13(3-7-14)11-20-18(23)15-8-4-12(5-9-17(21)22)10-16(15)19(20)24/h2-10H,11H2,1H3,(H,21,22)/b9-5+. The number of aliphatic carboxylic acids is 1. The summed E-state index contributed by atoms with van der Waals surface area (Å²) in [6.45, 7) is 0.163. The van der Waals surface area contributed by atoms with E-state index in [1.54, 1.807) is 43.5 Å². The van der Waals surface area contributed by atoms with E-state index in [1.165, 1.54) is 17.0 Å². The number of ether oxygens (including phenoxy) is 1. The van der Waals surface area contributed by atoms with Crippen molar-refractivity contribution in [2.75, 3.05) is 7.11 Å². The summed E-state index contributed by atoms with van der Waals surface area (Å²) in [6.07, 6.45) is 2.37. The van der Waals surface area contributed by atoms with Crippen molar-refractivity contribution in [3.63, 3.8) is 0 Å². The van der Waals surface area contributed by atoms with Gasteiger partial charge >= 0.3 is 5.97 Å². The lowest BCUT2D eigenvalue weighted by molar-refractivity contribution is -0.131. The molecule has 0 bridgehead atoms. The van der Waals surface area contributed by atoms with Crippen LogP contribution in [0.25, 0.3) is 6.08 Å². The molecule has 0 unspecified atom stereocenters. The summed E-state index contributed by atoms with van der Waals surface area (Å²) in [5.74, 6) is -1.13. The Kier molecular flexibility index (Phi) is 4.35. The monoisotopic (exact) mass is 337 g/mol. The van der Waals surface area contributed by atoms with Gasteiger partial charge in [0.15, 0.2) is 0 Å². The van der Waals surface area contributed by atoms with Crippen LogP contribution in [-0.2, 0) is 11.3 Å². The highest BCUT2D eigenvalue weighted by Crippen LogP contribution is 2.26. The van der Waals surface area contributed by atoms with Crippen LogP contribution in [0.2, 0.25) is 0 Å². The van der Waals surface area contributed by atoms with Gasteiger partial charge in [-0.1, -0.05) is 18.2 Å². The molecule has 0 radical (unpaired) electrons. The van der Waals surface area contributed by atoms with Gasteiger partial charge in [0.25, 0.3) is 11.8 Å². The third kappa shape index (κ3) is 3.28. The number of carboxylic acids is 1. The molecule has 1 aliphatic rings. The number of methoxy groups -OCH3 is 1. The molecule has 0 saturated carbocycles. The van der Waals surface area contributed by atoms with Crippen LogP contribution in [0.1, 0.15) is 31.8 Å². The molecule has 0 spiro atoms. The minimum absolute atomic E-state index is 0.163. The number of fused-ring (bicyclic) bond motifs is 1. The molecule has 25 heavy (non-hydrogen) atoms. The Morgan fingerprint density at radius 1 is 1.08 bits per heavy atom. The quantitative estimate of drug-likeness (QED) is 0.670. The zero-order chi connectivity index (χ0) is 18.0. The molecule has 1 heterocycles. The largest absolute Gasteiger partial charge is 0.497 e. The first kappa shape index (κ1) is 16.4. The maximum Gasteiger partial charge on any atom is 0.328 e. The molecule has 126 valence electrons. The Bertz CT molecular complexity index is 883. The third-order valence-corrected chi connectivity index (χ3v) is 3.91. The second kappa shape index (κ2) is 6.60. The number of rotatable bonds is 5. The summed E-state index contributed by atoms with van der Waals surface area (Å²) in [5, 5.41) is 8.68. The fraction of sp³-hybridized carbons (Fsp3) is 0.105. The summed E-state index contributed by atoms with van der Waals surface area (Å²) >= 11 is 0. The number of nitrogens with zero attached hydrogens (tertiary/aromatic N) is 1. The van der Waals surface area contributed by atoms with Crippen LogP contribution in [0.3, 0.4) is 0 Å². The molecule has 6 heteroatoms. The molecule has 0 aliphatic carbocycles. The van der Waals surface area contributed by atoms with E-state index in [1.807, 2.05) is 0 Å². The fourth-order valence-electron chi connectivity index (χ4n) is 2.64. The lowest BCUT2D eigenvalue weighted by atomic mass is 10.1. The highest BCUT2D eigenvalue weighted by Gasteiger charge is 2.35. The number of carboxylic acid groups (broad SMARTS) is 1. The topological polar surface area (TPSA) is 83.9 Å². The Labute approximate surface area is 143 Å². The van der Waals surface area contributed by atoms with E-state index in [2.05, 4.69) is 0 Å². The summed E-state index contributed by atoms with van der Waals surface area (Å²) in [7, 11) is 1.57. The first-order chi connectivity index (χ1) is 12.0. The highest BCUT2D eigenvalue weighted by atomic mass is 16.5. The normalized spacial score (nSPS) is 13.4. The minimum Gasteiger partial charge on any atom is -0.497 e. The predicted octanol–water partition coefficient (Wildman–Crippen LogP) is 2.59. The molecule has 1 N–H and O–H groups in total. The van der Waals surface area contributed by atoms with Crippen LogP contribution >= 0.6 is 0 Å². The smallest absolute Gasteiger partial charge is 0.328 e. The van der Waals surface area contributed by atoms with Crippen LogP contribution in [0.15, 0.2) is 48.5 Å². The molecule has 0 saturated heterocycles. The van der Waals surface area contributed by atoms with Crippen molar-refractivity contribution >= 4 is 23.9 Å². The van der Waals surface area contributed by atoms with Crippen molar-refractivity contribution in [1.82, 2.24) is 4.90 Å². The van der Waals surface area contributed by atoms with Gasteiger partial charge in [-0.3, -0.25) is 14.5 Å². The van der Waals surface area contributed by atoms with Crippen molar-refractivity contribution in [1.29, 1.82) is 0 Å². The maximum absolute atomic E-state index is 12.6. The van der Waals surface area contributed by atoms with Gasteiger partial charge in [0, 0.05) is 6.08 Å². The summed E-state index contributed by atoms with van der Waals surface area (Å²) in [5.41, 5.74) is 1.96. The Morgan fingerprint density at radius 2 is 1.76 bits per heavy atom. The van der Waals surface area contributed by atoms with E-state index >= 15 is 0 Å². The van der Waals surface area contributed by atoms with Gasteiger partial charge in [0.05, 0.1) is 24.8 Å². The van der Waals surface area contributed by atoms with Crippen molar-refractivity contribution in [3.05, 3.63) is 70.8 Å². The molecule has 2 aromatic carbocycles. The van der Waals surface area contributed by atoms with E-state index in [0.29, 0.717) is 16.9 Å². The van der Waals surface area contributed by atoms with Gasteiger partial charge in [-0.15, -0.1) is 0 Å². The molecule has 0 fully saturated rings. The summed E-state index contributed by atoms with van der Waals surface area (Å²) in [6, 6.07) is 11.8. The number of benzene rings is 2. The Morgan fingerprint density at radius 3 is 2.40 bits per heavy atom. The van der Waals surface area contributed by atoms with Gasteiger partial charge in [0.1, 0.15) is 5.75 Å². The molecular formula is C19H15NO5. The highest BCUT2D eigenvalue weighted by molar-refractivity contribution is 6.21. The van der Waals surface area contributed by atoms with E-state index in [0.717, 1.165) is 11.6 Å².